The standard InChI is InChI=1S/C14H20N2O/c1-14(2,10-15)16-9-12(8-13(16)17)11-6-4-3-5-7-11/h3-7,12H,8-10,15H2,1-2H3. The van der Waals surface area contributed by atoms with Crippen LogP contribution >= 0.6 is 0 Å². The molecule has 1 heterocycles. The Morgan fingerprint density at radius 2 is 2.00 bits per heavy atom. The second kappa shape index (κ2) is 4.49. The van der Waals surface area contributed by atoms with Crippen LogP contribution in [0.25, 0.3) is 0 Å². The number of hydrogen-bond donors (Lipinski definition) is 1. The molecule has 1 aromatic rings. The lowest BCUT2D eigenvalue weighted by Gasteiger charge is -2.34. The maximum absolute atomic E-state index is 12.0. The van der Waals surface area contributed by atoms with Gasteiger partial charge in [-0.1, -0.05) is 30.3 Å². The zero-order chi connectivity index (χ0) is 12.5. The van der Waals surface area contributed by atoms with Crippen molar-refractivity contribution in [1.29, 1.82) is 0 Å². The number of nitrogens with two attached hydrogens (primary N) is 1. The van der Waals surface area contributed by atoms with Gasteiger partial charge in [0.2, 0.25) is 5.91 Å². The lowest BCUT2D eigenvalue weighted by atomic mass is 9.98. The van der Waals surface area contributed by atoms with E-state index in [1.807, 2.05) is 36.9 Å². The van der Waals surface area contributed by atoms with Gasteiger partial charge in [0, 0.05) is 31.0 Å². The molecule has 1 aliphatic heterocycles. The Balaban J connectivity index is 2.16. The number of likely N-dealkylation sites (tertiary alicyclic amines) is 1. The number of amides is 1. The van der Waals surface area contributed by atoms with Crippen LogP contribution in [-0.2, 0) is 4.79 Å². The van der Waals surface area contributed by atoms with Crippen molar-refractivity contribution in [2.45, 2.75) is 31.7 Å². The molecule has 0 radical (unpaired) electrons. The van der Waals surface area contributed by atoms with E-state index in [0.29, 0.717) is 18.9 Å². The Morgan fingerprint density at radius 1 is 1.35 bits per heavy atom. The minimum atomic E-state index is -0.236. The van der Waals surface area contributed by atoms with Crippen molar-refractivity contribution in [1.82, 2.24) is 4.90 Å². The molecule has 92 valence electrons. The number of nitrogens with zero attached hydrogens (tertiary/aromatic N) is 1. The fraction of sp³-hybridized carbons (Fsp3) is 0.500. The van der Waals surface area contributed by atoms with E-state index in [9.17, 15) is 4.79 Å². The van der Waals surface area contributed by atoms with Gasteiger partial charge >= 0.3 is 0 Å². The molecule has 3 heteroatoms. The first kappa shape index (κ1) is 12.1. The van der Waals surface area contributed by atoms with Crippen LogP contribution in [-0.4, -0.2) is 29.4 Å². The first-order valence-electron chi connectivity index (χ1n) is 6.10. The monoisotopic (exact) mass is 232 g/mol. The van der Waals surface area contributed by atoms with E-state index in [-0.39, 0.29) is 11.4 Å². The van der Waals surface area contributed by atoms with E-state index in [4.69, 9.17) is 5.73 Å². The van der Waals surface area contributed by atoms with Gasteiger partial charge < -0.3 is 10.6 Å². The summed E-state index contributed by atoms with van der Waals surface area (Å²) in [5, 5.41) is 0. The van der Waals surface area contributed by atoms with Crippen LogP contribution in [0.3, 0.4) is 0 Å². The molecule has 0 bridgehead atoms. The van der Waals surface area contributed by atoms with Crippen molar-refractivity contribution in [3.05, 3.63) is 35.9 Å². The summed E-state index contributed by atoms with van der Waals surface area (Å²) in [6, 6.07) is 10.2. The van der Waals surface area contributed by atoms with Crippen LogP contribution in [0.2, 0.25) is 0 Å². The van der Waals surface area contributed by atoms with Crippen LogP contribution in [0, 0.1) is 0 Å². The van der Waals surface area contributed by atoms with Gasteiger partial charge in [-0.3, -0.25) is 4.79 Å². The SMILES string of the molecule is CC(C)(CN)N1CC(c2ccccc2)CC1=O. The smallest absolute Gasteiger partial charge is 0.223 e. The first-order valence-corrected chi connectivity index (χ1v) is 6.10. The number of benzene rings is 1. The summed E-state index contributed by atoms with van der Waals surface area (Å²) in [6.45, 7) is 5.34. The fourth-order valence-corrected chi connectivity index (χ4v) is 2.35. The minimum absolute atomic E-state index is 0.217. The van der Waals surface area contributed by atoms with Gasteiger partial charge in [-0.2, -0.15) is 0 Å². The third-order valence-electron chi connectivity index (χ3n) is 3.63. The van der Waals surface area contributed by atoms with Crippen molar-refractivity contribution in [3.63, 3.8) is 0 Å². The molecule has 0 saturated carbocycles. The Kier molecular flexibility index (Phi) is 3.20. The maximum atomic E-state index is 12.0. The second-order valence-corrected chi connectivity index (χ2v) is 5.33. The van der Waals surface area contributed by atoms with Crippen molar-refractivity contribution in [2.24, 2.45) is 5.73 Å². The molecular weight excluding hydrogens is 212 g/mol. The Hall–Kier alpha value is -1.35. The molecule has 2 N–H and O–H groups in total. The molecule has 1 amide bonds. The molecule has 1 saturated heterocycles. The van der Waals surface area contributed by atoms with Crippen molar-refractivity contribution in [2.75, 3.05) is 13.1 Å². The van der Waals surface area contributed by atoms with Gasteiger partial charge in [0.25, 0.3) is 0 Å². The predicted molar refractivity (Wildman–Crippen MR) is 68.6 cm³/mol. The number of carbonyl (C=O) groups is 1. The normalized spacial score (nSPS) is 21.0. The molecule has 0 spiro atoms. The Morgan fingerprint density at radius 3 is 2.59 bits per heavy atom. The third-order valence-corrected chi connectivity index (χ3v) is 3.63. The molecule has 0 aliphatic carbocycles. The van der Waals surface area contributed by atoms with Crippen LogP contribution in [0.4, 0.5) is 0 Å². The van der Waals surface area contributed by atoms with Gasteiger partial charge in [-0.05, 0) is 19.4 Å². The summed E-state index contributed by atoms with van der Waals surface area (Å²) in [6.07, 6.45) is 0.605. The molecule has 3 nitrogen and oxygen atoms in total. The molecular formula is C14H20N2O. The van der Waals surface area contributed by atoms with E-state index in [2.05, 4.69) is 12.1 Å². The summed E-state index contributed by atoms with van der Waals surface area (Å²) >= 11 is 0. The molecule has 1 atom stereocenters. The average molecular weight is 232 g/mol. The molecule has 2 rings (SSSR count). The van der Waals surface area contributed by atoms with Crippen molar-refractivity contribution < 1.29 is 4.79 Å². The van der Waals surface area contributed by atoms with Crippen molar-refractivity contribution >= 4 is 5.91 Å². The number of carbonyl (C=O) groups excluding carboxylic acids is 1. The van der Waals surface area contributed by atoms with Gasteiger partial charge in [-0.25, -0.2) is 0 Å². The highest BCUT2D eigenvalue weighted by Crippen LogP contribution is 2.32. The molecule has 17 heavy (non-hydrogen) atoms. The maximum Gasteiger partial charge on any atom is 0.223 e. The topological polar surface area (TPSA) is 46.3 Å². The van der Waals surface area contributed by atoms with E-state index in [1.54, 1.807) is 0 Å². The van der Waals surface area contributed by atoms with Crippen molar-refractivity contribution in [3.8, 4) is 0 Å². The fourth-order valence-electron chi connectivity index (χ4n) is 2.35. The van der Waals surface area contributed by atoms with E-state index in [0.717, 1.165) is 6.54 Å². The zero-order valence-corrected chi connectivity index (χ0v) is 10.5. The van der Waals surface area contributed by atoms with Gasteiger partial charge in [0.15, 0.2) is 0 Å². The summed E-state index contributed by atoms with van der Waals surface area (Å²) in [7, 11) is 0. The first-order chi connectivity index (χ1) is 8.04. The quantitative estimate of drug-likeness (QED) is 0.863. The lowest BCUT2D eigenvalue weighted by Crippen LogP contribution is -2.50. The summed E-state index contributed by atoms with van der Waals surface area (Å²) in [5.74, 6) is 0.531. The van der Waals surface area contributed by atoms with Crippen LogP contribution in [0.15, 0.2) is 30.3 Å². The van der Waals surface area contributed by atoms with E-state index < -0.39 is 0 Å². The number of hydrogen-bond acceptors (Lipinski definition) is 2. The molecule has 1 fully saturated rings. The van der Waals surface area contributed by atoms with Gasteiger partial charge in [0.1, 0.15) is 0 Å². The summed E-state index contributed by atoms with van der Waals surface area (Å²) in [5.41, 5.74) is 6.75. The van der Waals surface area contributed by atoms with Crippen LogP contribution in [0.5, 0.6) is 0 Å². The molecule has 0 aromatic heterocycles. The third kappa shape index (κ3) is 2.34. The lowest BCUT2D eigenvalue weighted by molar-refractivity contribution is -0.131. The summed E-state index contributed by atoms with van der Waals surface area (Å²) in [4.78, 5) is 14.0. The summed E-state index contributed by atoms with van der Waals surface area (Å²) < 4.78 is 0. The van der Waals surface area contributed by atoms with E-state index in [1.165, 1.54) is 5.56 Å². The predicted octanol–water partition coefficient (Wildman–Crippen LogP) is 1.74. The number of rotatable bonds is 3. The Bertz CT molecular complexity index is 400. The Labute approximate surface area is 103 Å². The van der Waals surface area contributed by atoms with Gasteiger partial charge in [-0.15, -0.1) is 0 Å². The zero-order valence-electron chi connectivity index (χ0n) is 10.5. The highest BCUT2D eigenvalue weighted by molar-refractivity contribution is 5.80. The average Bonchev–Trinajstić information content (AvgIpc) is 2.73. The minimum Gasteiger partial charge on any atom is -0.336 e. The molecule has 1 aliphatic rings. The van der Waals surface area contributed by atoms with Crippen LogP contribution in [0.1, 0.15) is 31.7 Å². The highest BCUT2D eigenvalue weighted by atomic mass is 16.2. The largest absolute Gasteiger partial charge is 0.336 e. The second-order valence-electron chi connectivity index (χ2n) is 5.33. The molecule has 1 unspecified atom stereocenters. The van der Waals surface area contributed by atoms with Gasteiger partial charge in [0.05, 0.1) is 0 Å². The highest BCUT2D eigenvalue weighted by Gasteiger charge is 2.38. The molecule has 1 aromatic carbocycles. The van der Waals surface area contributed by atoms with E-state index >= 15 is 0 Å². The van der Waals surface area contributed by atoms with Crippen LogP contribution < -0.4 is 5.73 Å².